The van der Waals surface area contributed by atoms with Crippen LogP contribution < -0.4 is 5.32 Å². The molecule has 0 aliphatic heterocycles. The lowest BCUT2D eigenvalue weighted by atomic mass is 10.00. The predicted octanol–water partition coefficient (Wildman–Crippen LogP) is 5.07. The minimum Gasteiger partial charge on any atom is -0.310 e. The molecule has 2 aromatic rings. The Morgan fingerprint density at radius 1 is 1.11 bits per heavy atom. The van der Waals surface area contributed by atoms with Crippen molar-refractivity contribution >= 4 is 11.6 Å². The van der Waals surface area contributed by atoms with Gasteiger partial charge in [0.1, 0.15) is 0 Å². The Labute approximate surface area is 120 Å². The molecule has 1 N–H and O–H groups in total. The topological polar surface area (TPSA) is 12.0 Å². The molecule has 2 rings (SSSR count). The second-order valence-corrected chi connectivity index (χ2v) is 5.19. The van der Waals surface area contributed by atoms with Crippen molar-refractivity contribution in [3.8, 4) is 11.1 Å². The standard InChI is InChI=1S/C17H20ClN/c1-3-11-19-13(2)14-7-6-8-15(12-14)16-9-4-5-10-17(16)18/h4-10,12-13,19H,3,11H2,1-2H3. The minimum absolute atomic E-state index is 0.363. The molecule has 0 heterocycles. The third-order valence-electron chi connectivity index (χ3n) is 3.27. The zero-order valence-corrected chi connectivity index (χ0v) is 12.2. The van der Waals surface area contributed by atoms with Gasteiger partial charge in [-0.15, -0.1) is 0 Å². The quantitative estimate of drug-likeness (QED) is 0.802. The average Bonchev–Trinajstić information content (AvgIpc) is 2.45. The molecule has 1 nitrogen and oxygen atoms in total. The summed E-state index contributed by atoms with van der Waals surface area (Å²) in [4.78, 5) is 0. The Morgan fingerprint density at radius 3 is 2.63 bits per heavy atom. The van der Waals surface area contributed by atoms with Crippen LogP contribution in [0.1, 0.15) is 31.9 Å². The summed E-state index contributed by atoms with van der Waals surface area (Å²) in [5, 5.41) is 4.31. The fourth-order valence-electron chi connectivity index (χ4n) is 2.15. The number of halogens is 1. The van der Waals surface area contributed by atoms with Crippen molar-refractivity contribution in [1.29, 1.82) is 0 Å². The number of nitrogens with one attached hydrogen (secondary N) is 1. The fraction of sp³-hybridized carbons (Fsp3) is 0.294. The highest BCUT2D eigenvalue weighted by molar-refractivity contribution is 6.33. The molecule has 0 spiro atoms. The van der Waals surface area contributed by atoms with Crippen molar-refractivity contribution in [2.24, 2.45) is 0 Å². The van der Waals surface area contributed by atoms with Crippen LogP contribution in [0, 0.1) is 0 Å². The van der Waals surface area contributed by atoms with Gasteiger partial charge in [0.2, 0.25) is 0 Å². The van der Waals surface area contributed by atoms with Crippen molar-refractivity contribution in [3.63, 3.8) is 0 Å². The van der Waals surface area contributed by atoms with E-state index in [-0.39, 0.29) is 0 Å². The monoisotopic (exact) mass is 273 g/mol. The third kappa shape index (κ3) is 3.59. The van der Waals surface area contributed by atoms with Gasteiger partial charge in [0, 0.05) is 16.6 Å². The van der Waals surface area contributed by atoms with Gasteiger partial charge in [-0.2, -0.15) is 0 Å². The van der Waals surface area contributed by atoms with Crippen LogP contribution in [0.15, 0.2) is 48.5 Å². The highest BCUT2D eigenvalue weighted by atomic mass is 35.5. The Hall–Kier alpha value is -1.31. The van der Waals surface area contributed by atoms with Crippen molar-refractivity contribution in [1.82, 2.24) is 5.32 Å². The van der Waals surface area contributed by atoms with E-state index in [9.17, 15) is 0 Å². The lowest BCUT2D eigenvalue weighted by Gasteiger charge is -2.15. The summed E-state index contributed by atoms with van der Waals surface area (Å²) >= 11 is 6.26. The third-order valence-corrected chi connectivity index (χ3v) is 3.60. The molecule has 19 heavy (non-hydrogen) atoms. The Balaban J connectivity index is 2.27. The van der Waals surface area contributed by atoms with Crippen molar-refractivity contribution in [3.05, 3.63) is 59.1 Å². The molecule has 0 saturated carbocycles. The van der Waals surface area contributed by atoms with Crippen LogP contribution in [-0.2, 0) is 0 Å². The molecular formula is C17H20ClN. The fourth-order valence-corrected chi connectivity index (χ4v) is 2.39. The van der Waals surface area contributed by atoms with E-state index in [1.807, 2.05) is 18.2 Å². The maximum absolute atomic E-state index is 6.26. The zero-order valence-electron chi connectivity index (χ0n) is 11.5. The summed E-state index contributed by atoms with van der Waals surface area (Å²) in [6.07, 6.45) is 1.15. The Kier molecular flexibility index (Phi) is 5.00. The molecule has 0 aliphatic rings. The minimum atomic E-state index is 0.363. The molecule has 100 valence electrons. The van der Waals surface area contributed by atoms with Crippen LogP contribution in [0.5, 0.6) is 0 Å². The van der Waals surface area contributed by atoms with Gasteiger partial charge < -0.3 is 5.32 Å². The van der Waals surface area contributed by atoms with Crippen LogP contribution in [0.4, 0.5) is 0 Å². The molecule has 0 aliphatic carbocycles. The van der Waals surface area contributed by atoms with Crippen LogP contribution in [0.3, 0.4) is 0 Å². The van der Waals surface area contributed by atoms with Gasteiger partial charge in [-0.3, -0.25) is 0 Å². The molecule has 2 aromatic carbocycles. The number of rotatable bonds is 5. The summed E-state index contributed by atoms with van der Waals surface area (Å²) in [6.45, 7) is 5.42. The van der Waals surface area contributed by atoms with E-state index in [1.165, 1.54) is 11.1 Å². The molecule has 2 heteroatoms. The zero-order chi connectivity index (χ0) is 13.7. The molecule has 0 radical (unpaired) electrons. The van der Waals surface area contributed by atoms with Gasteiger partial charge in [0.15, 0.2) is 0 Å². The maximum Gasteiger partial charge on any atom is 0.0484 e. The smallest absolute Gasteiger partial charge is 0.0484 e. The van der Waals surface area contributed by atoms with E-state index in [1.54, 1.807) is 0 Å². The summed E-state index contributed by atoms with van der Waals surface area (Å²) in [7, 11) is 0. The number of benzene rings is 2. The largest absolute Gasteiger partial charge is 0.310 e. The van der Waals surface area contributed by atoms with E-state index < -0.39 is 0 Å². The second-order valence-electron chi connectivity index (χ2n) is 4.78. The molecule has 1 atom stereocenters. The van der Waals surface area contributed by atoms with E-state index in [0.29, 0.717) is 6.04 Å². The lowest BCUT2D eigenvalue weighted by Crippen LogP contribution is -2.19. The molecule has 0 saturated heterocycles. The molecule has 0 bridgehead atoms. The average molecular weight is 274 g/mol. The lowest BCUT2D eigenvalue weighted by molar-refractivity contribution is 0.571. The predicted molar refractivity (Wildman–Crippen MR) is 83.6 cm³/mol. The summed E-state index contributed by atoms with van der Waals surface area (Å²) < 4.78 is 0. The highest BCUT2D eigenvalue weighted by Crippen LogP contribution is 2.29. The van der Waals surface area contributed by atoms with Crippen molar-refractivity contribution in [2.75, 3.05) is 6.54 Å². The highest BCUT2D eigenvalue weighted by Gasteiger charge is 2.07. The first kappa shape index (κ1) is 14.1. The SMILES string of the molecule is CCCNC(C)c1cccc(-c2ccccc2Cl)c1. The summed E-state index contributed by atoms with van der Waals surface area (Å²) in [5.74, 6) is 0. The van der Waals surface area contributed by atoms with Gasteiger partial charge in [0.25, 0.3) is 0 Å². The van der Waals surface area contributed by atoms with Gasteiger partial charge in [-0.05, 0) is 43.1 Å². The molecule has 0 fully saturated rings. The molecular weight excluding hydrogens is 254 g/mol. The van der Waals surface area contributed by atoms with E-state index in [2.05, 4.69) is 49.5 Å². The van der Waals surface area contributed by atoms with Gasteiger partial charge >= 0.3 is 0 Å². The number of hydrogen-bond donors (Lipinski definition) is 1. The Bertz CT molecular complexity index is 536. The van der Waals surface area contributed by atoms with Gasteiger partial charge in [0.05, 0.1) is 0 Å². The van der Waals surface area contributed by atoms with Crippen molar-refractivity contribution in [2.45, 2.75) is 26.3 Å². The van der Waals surface area contributed by atoms with Crippen LogP contribution >= 0.6 is 11.6 Å². The van der Waals surface area contributed by atoms with Gasteiger partial charge in [-0.1, -0.05) is 54.9 Å². The first-order valence-electron chi connectivity index (χ1n) is 6.80. The Morgan fingerprint density at radius 2 is 1.89 bits per heavy atom. The summed E-state index contributed by atoms with van der Waals surface area (Å²) in [6, 6.07) is 16.9. The second kappa shape index (κ2) is 6.74. The van der Waals surface area contributed by atoms with Crippen LogP contribution in [0.25, 0.3) is 11.1 Å². The van der Waals surface area contributed by atoms with E-state index >= 15 is 0 Å². The van der Waals surface area contributed by atoms with Crippen molar-refractivity contribution < 1.29 is 0 Å². The normalized spacial score (nSPS) is 12.4. The maximum atomic E-state index is 6.26. The first-order valence-corrected chi connectivity index (χ1v) is 7.18. The molecule has 0 amide bonds. The van der Waals surface area contributed by atoms with Crippen LogP contribution in [0.2, 0.25) is 5.02 Å². The number of hydrogen-bond acceptors (Lipinski definition) is 1. The van der Waals surface area contributed by atoms with E-state index in [0.717, 1.165) is 23.6 Å². The first-order chi connectivity index (χ1) is 9.22. The van der Waals surface area contributed by atoms with Gasteiger partial charge in [-0.25, -0.2) is 0 Å². The summed E-state index contributed by atoms with van der Waals surface area (Å²) in [5.41, 5.74) is 3.56. The molecule has 0 aromatic heterocycles. The van der Waals surface area contributed by atoms with E-state index in [4.69, 9.17) is 11.6 Å². The molecule has 1 unspecified atom stereocenters. The van der Waals surface area contributed by atoms with Crippen LogP contribution in [-0.4, -0.2) is 6.54 Å².